The minimum atomic E-state index is -0.333. The molecule has 0 spiro atoms. The summed E-state index contributed by atoms with van der Waals surface area (Å²) in [5, 5.41) is 9.17. The number of aliphatic imine (C=N–C) groups is 1. The molecule has 0 saturated carbocycles. The molecule has 2 rings (SSSR count). The molecule has 0 fully saturated rings. The zero-order valence-corrected chi connectivity index (χ0v) is 12.8. The molecule has 116 valence electrons. The van der Waals surface area contributed by atoms with Gasteiger partial charge in [0.2, 0.25) is 0 Å². The van der Waals surface area contributed by atoms with Crippen molar-refractivity contribution in [1.29, 1.82) is 5.41 Å². The molecular weight excluding hydrogens is 276 g/mol. The van der Waals surface area contributed by atoms with Crippen LogP contribution in [0, 0.1) is 19.3 Å². The maximum atomic E-state index is 6.06. The summed E-state index contributed by atoms with van der Waals surface area (Å²) in [6.45, 7) is 4.04. The summed E-state index contributed by atoms with van der Waals surface area (Å²) in [5.41, 5.74) is 19.0. The molecule has 6 heteroatoms. The first kappa shape index (κ1) is 17.0. The molecule has 6 nitrogen and oxygen atoms in total. The highest BCUT2D eigenvalue weighted by Crippen LogP contribution is 2.18. The molecule has 0 aromatic heterocycles. The Morgan fingerprint density at radius 3 is 1.95 bits per heavy atom. The Labute approximate surface area is 130 Å². The van der Waals surface area contributed by atoms with Gasteiger partial charge in [0.1, 0.15) is 0 Å². The number of benzene rings is 2. The maximum absolute atomic E-state index is 6.06. The lowest BCUT2D eigenvalue weighted by Gasteiger charge is -2.08. The Balaban J connectivity index is 0.000000541. The van der Waals surface area contributed by atoms with E-state index in [2.05, 4.69) is 21.8 Å². The fraction of sp³-hybridized carbons (Fsp3) is 0.125. The molecule has 0 aliphatic rings. The number of hydrogen-bond acceptors (Lipinski definition) is 2. The number of nitrogens with two attached hydrogens (primary N) is 3. The number of hydrogen-bond donors (Lipinski definition) is 5. The first-order valence-electron chi connectivity index (χ1n) is 6.72. The quantitative estimate of drug-likeness (QED) is 0.430. The fourth-order valence-corrected chi connectivity index (χ4v) is 1.70. The van der Waals surface area contributed by atoms with Gasteiger partial charge in [0.25, 0.3) is 0 Å². The van der Waals surface area contributed by atoms with Gasteiger partial charge in [-0.1, -0.05) is 36.4 Å². The van der Waals surface area contributed by atoms with E-state index in [1.807, 2.05) is 62.4 Å². The van der Waals surface area contributed by atoms with E-state index in [4.69, 9.17) is 11.1 Å². The number of aryl methyl sites for hydroxylation is 2. The molecule has 0 bridgehead atoms. The monoisotopic (exact) mass is 298 g/mol. The molecule has 0 aliphatic carbocycles. The van der Waals surface area contributed by atoms with Crippen LogP contribution in [-0.2, 0) is 0 Å². The summed E-state index contributed by atoms with van der Waals surface area (Å²) in [6.07, 6.45) is 0. The summed E-state index contributed by atoms with van der Waals surface area (Å²) in [7, 11) is 0. The number of nitrogens with one attached hydrogen (secondary N) is 2. The molecule has 0 atom stereocenters. The third kappa shape index (κ3) is 5.96. The van der Waals surface area contributed by atoms with Gasteiger partial charge in [0, 0.05) is 5.69 Å². The van der Waals surface area contributed by atoms with E-state index >= 15 is 0 Å². The van der Waals surface area contributed by atoms with Crippen molar-refractivity contribution in [2.75, 3.05) is 5.32 Å². The Morgan fingerprint density at radius 2 is 1.41 bits per heavy atom. The second kappa shape index (κ2) is 8.31. The van der Waals surface area contributed by atoms with Crippen LogP contribution in [0.3, 0.4) is 0 Å². The van der Waals surface area contributed by atoms with E-state index < -0.39 is 0 Å². The van der Waals surface area contributed by atoms with Gasteiger partial charge in [0.05, 0.1) is 5.69 Å². The van der Waals surface area contributed by atoms with Gasteiger partial charge >= 0.3 is 0 Å². The topological polar surface area (TPSA) is 126 Å². The van der Waals surface area contributed by atoms with E-state index in [0.29, 0.717) is 5.96 Å². The van der Waals surface area contributed by atoms with Crippen molar-refractivity contribution in [3.05, 3.63) is 59.7 Å². The molecule has 2 aromatic carbocycles. The van der Waals surface area contributed by atoms with Crippen LogP contribution in [0.25, 0.3) is 0 Å². The Bertz CT molecular complexity index is 659. The van der Waals surface area contributed by atoms with Crippen molar-refractivity contribution >= 4 is 23.3 Å². The van der Waals surface area contributed by atoms with Crippen LogP contribution in [0.15, 0.2) is 53.5 Å². The van der Waals surface area contributed by atoms with Crippen LogP contribution < -0.4 is 22.5 Å². The molecule has 0 amide bonds. The first-order chi connectivity index (χ1) is 10.4. The van der Waals surface area contributed by atoms with E-state index in [-0.39, 0.29) is 5.96 Å². The van der Waals surface area contributed by atoms with Crippen LogP contribution in [0.2, 0.25) is 0 Å². The third-order valence-electron chi connectivity index (χ3n) is 2.76. The van der Waals surface area contributed by atoms with Gasteiger partial charge in [-0.15, -0.1) is 0 Å². The highest BCUT2D eigenvalue weighted by atomic mass is 15.1. The van der Waals surface area contributed by atoms with Crippen LogP contribution in [-0.4, -0.2) is 11.9 Å². The number of anilines is 1. The van der Waals surface area contributed by atoms with Crippen LogP contribution in [0.4, 0.5) is 11.4 Å². The SMILES string of the molecule is Cc1ccccc1N=C(N)Nc1ccccc1C.N=C(N)N. The first-order valence-corrected chi connectivity index (χ1v) is 6.72. The number of rotatable bonds is 2. The second-order valence-corrected chi connectivity index (χ2v) is 4.68. The van der Waals surface area contributed by atoms with E-state index in [1.54, 1.807) is 0 Å². The van der Waals surface area contributed by atoms with Crippen molar-refractivity contribution in [3.8, 4) is 0 Å². The maximum Gasteiger partial charge on any atom is 0.198 e. The van der Waals surface area contributed by atoms with Gasteiger partial charge in [-0.25, -0.2) is 4.99 Å². The van der Waals surface area contributed by atoms with Gasteiger partial charge < -0.3 is 22.5 Å². The molecule has 8 N–H and O–H groups in total. The summed E-state index contributed by atoms with van der Waals surface area (Å²) in [4.78, 5) is 4.38. The highest BCUT2D eigenvalue weighted by molar-refractivity contribution is 5.94. The fourth-order valence-electron chi connectivity index (χ4n) is 1.70. The summed E-state index contributed by atoms with van der Waals surface area (Å²) < 4.78 is 0. The number of para-hydroxylation sites is 2. The Kier molecular flexibility index (Phi) is 6.43. The zero-order valence-electron chi connectivity index (χ0n) is 12.8. The van der Waals surface area contributed by atoms with E-state index in [0.717, 1.165) is 22.5 Å². The van der Waals surface area contributed by atoms with Gasteiger partial charge in [-0.05, 0) is 37.1 Å². The van der Waals surface area contributed by atoms with Gasteiger partial charge in [-0.3, -0.25) is 5.41 Å². The second-order valence-electron chi connectivity index (χ2n) is 4.68. The Hall–Kier alpha value is -3.02. The summed E-state index contributed by atoms with van der Waals surface area (Å²) in [5.74, 6) is 0.0681. The predicted octanol–water partition coefficient (Wildman–Crippen LogP) is 2.20. The minimum absolute atomic E-state index is 0.333. The van der Waals surface area contributed by atoms with Crippen LogP contribution in [0.1, 0.15) is 11.1 Å². The molecule has 22 heavy (non-hydrogen) atoms. The van der Waals surface area contributed by atoms with Crippen molar-refractivity contribution in [2.45, 2.75) is 13.8 Å². The summed E-state index contributed by atoms with van der Waals surface area (Å²) in [6, 6.07) is 15.9. The standard InChI is InChI=1S/C15H17N3.CH5N3/c1-11-7-3-5-9-13(11)17-15(16)18-14-10-6-4-8-12(14)2;2-1(3)4/h3-10H,1-2H3,(H3,16,17,18);(H5,2,3,4). The van der Waals surface area contributed by atoms with E-state index in [1.165, 1.54) is 0 Å². The highest BCUT2D eigenvalue weighted by Gasteiger charge is 2.00. The van der Waals surface area contributed by atoms with Gasteiger partial charge in [-0.2, -0.15) is 0 Å². The Morgan fingerprint density at radius 1 is 0.909 bits per heavy atom. The van der Waals surface area contributed by atoms with Crippen LogP contribution >= 0.6 is 0 Å². The van der Waals surface area contributed by atoms with Crippen molar-refractivity contribution in [1.82, 2.24) is 0 Å². The molecule has 0 radical (unpaired) electrons. The van der Waals surface area contributed by atoms with Crippen molar-refractivity contribution in [2.24, 2.45) is 22.2 Å². The minimum Gasteiger partial charge on any atom is -0.370 e. The lowest BCUT2D eigenvalue weighted by molar-refractivity contribution is 1.36. The van der Waals surface area contributed by atoms with Gasteiger partial charge in [0.15, 0.2) is 11.9 Å². The number of nitrogens with zero attached hydrogens (tertiary/aromatic N) is 1. The average molecular weight is 298 g/mol. The average Bonchev–Trinajstić information content (AvgIpc) is 2.43. The summed E-state index contributed by atoms with van der Waals surface area (Å²) >= 11 is 0. The van der Waals surface area contributed by atoms with Crippen molar-refractivity contribution < 1.29 is 0 Å². The van der Waals surface area contributed by atoms with Crippen molar-refractivity contribution in [3.63, 3.8) is 0 Å². The molecular formula is C16H22N6. The molecule has 0 saturated heterocycles. The third-order valence-corrected chi connectivity index (χ3v) is 2.76. The zero-order chi connectivity index (χ0) is 16.5. The lowest BCUT2D eigenvalue weighted by Crippen LogP contribution is -2.22. The van der Waals surface area contributed by atoms with E-state index in [9.17, 15) is 0 Å². The largest absolute Gasteiger partial charge is 0.370 e. The number of guanidine groups is 2. The normalized spacial score (nSPS) is 10.4. The predicted molar refractivity (Wildman–Crippen MR) is 93.4 cm³/mol. The lowest BCUT2D eigenvalue weighted by atomic mass is 10.2. The molecule has 0 heterocycles. The molecule has 0 unspecified atom stereocenters. The smallest absolute Gasteiger partial charge is 0.198 e. The van der Waals surface area contributed by atoms with Crippen LogP contribution in [0.5, 0.6) is 0 Å². The molecule has 2 aromatic rings. The molecule has 0 aliphatic heterocycles.